The Bertz CT molecular complexity index is 776. The number of carbonyl (C=O) groups is 1. The number of hydrogen-bond acceptors (Lipinski definition) is 2. The molecule has 2 aromatic rings. The number of benzene rings is 2. The molecule has 0 bridgehead atoms. The van der Waals surface area contributed by atoms with E-state index in [0.717, 1.165) is 12.1 Å². The fourth-order valence-corrected chi connectivity index (χ4v) is 2.56. The third-order valence-electron chi connectivity index (χ3n) is 3.23. The Morgan fingerprint density at radius 2 is 1.75 bits per heavy atom. The Morgan fingerprint density at radius 3 is 2.29 bits per heavy atom. The molecule has 1 N–H and O–H groups in total. The number of nitrogens with zero attached hydrogens (tertiary/aromatic N) is 1. The first-order valence-electron chi connectivity index (χ1n) is 6.74. The molecule has 0 saturated heterocycles. The van der Waals surface area contributed by atoms with Crippen molar-refractivity contribution in [2.45, 2.75) is 6.18 Å². The molecular formula is C16H13Cl2F3N2O. The van der Waals surface area contributed by atoms with E-state index in [4.69, 9.17) is 23.2 Å². The molecule has 0 aliphatic heterocycles. The Balaban J connectivity index is 2.41. The number of hydrogen-bond donors (Lipinski definition) is 1. The largest absolute Gasteiger partial charge is 0.416 e. The molecule has 8 heteroatoms. The van der Waals surface area contributed by atoms with Crippen LogP contribution < -0.4 is 10.2 Å². The average Bonchev–Trinajstić information content (AvgIpc) is 2.45. The van der Waals surface area contributed by atoms with Crippen molar-refractivity contribution in [3.63, 3.8) is 0 Å². The zero-order valence-electron chi connectivity index (χ0n) is 12.7. The van der Waals surface area contributed by atoms with Crippen LogP contribution in [0.5, 0.6) is 0 Å². The summed E-state index contributed by atoms with van der Waals surface area (Å²) in [5, 5.41) is 2.93. The summed E-state index contributed by atoms with van der Waals surface area (Å²) in [4.78, 5) is 13.9. The third kappa shape index (κ3) is 4.13. The van der Waals surface area contributed by atoms with E-state index in [-0.39, 0.29) is 16.3 Å². The van der Waals surface area contributed by atoms with Gasteiger partial charge >= 0.3 is 6.18 Å². The summed E-state index contributed by atoms with van der Waals surface area (Å²) in [5.74, 6) is -0.626. The van der Waals surface area contributed by atoms with Crippen LogP contribution >= 0.6 is 23.2 Å². The van der Waals surface area contributed by atoms with Crippen molar-refractivity contribution in [1.82, 2.24) is 0 Å². The van der Waals surface area contributed by atoms with E-state index < -0.39 is 17.6 Å². The summed E-state index contributed by atoms with van der Waals surface area (Å²) in [5.41, 5.74) is -0.277. The fourth-order valence-electron chi connectivity index (χ4n) is 2.07. The molecule has 1 amide bonds. The van der Waals surface area contributed by atoms with Gasteiger partial charge in [0.2, 0.25) is 0 Å². The number of anilines is 2. The molecular weight excluding hydrogens is 364 g/mol. The van der Waals surface area contributed by atoms with Gasteiger partial charge in [-0.15, -0.1) is 0 Å². The van der Waals surface area contributed by atoms with Crippen LogP contribution in [0.1, 0.15) is 15.9 Å². The quantitative estimate of drug-likeness (QED) is 0.784. The van der Waals surface area contributed by atoms with Crippen molar-refractivity contribution < 1.29 is 18.0 Å². The topological polar surface area (TPSA) is 32.3 Å². The molecule has 0 atom stereocenters. The van der Waals surface area contributed by atoms with E-state index in [0.29, 0.717) is 10.7 Å². The van der Waals surface area contributed by atoms with Crippen LogP contribution in [0.2, 0.25) is 10.0 Å². The standard InChI is InChI=1S/C16H13Cl2F3N2O/c1-23(2)14-6-3-9(16(19,20)21)7-13(14)22-15(24)11-5-4-10(17)8-12(11)18/h3-8H,1-2H3,(H,22,24). The number of nitrogens with one attached hydrogen (secondary N) is 1. The summed E-state index contributed by atoms with van der Waals surface area (Å²) in [6.45, 7) is 0. The molecule has 3 nitrogen and oxygen atoms in total. The van der Waals surface area contributed by atoms with Crippen molar-refractivity contribution in [2.75, 3.05) is 24.3 Å². The van der Waals surface area contributed by atoms with E-state index in [9.17, 15) is 18.0 Å². The second kappa shape index (κ2) is 6.91. The van der Waals surface area contributed by atoms with Crippen LogP contribution in [0.25, 0.3) is 0 Å². The molecule has 24 heavy (non-hydrogen) atoms. The highest BCUT2D eigenvalue weighted by Crippen LogP contribution is 2.35. The van der Waals surface area contributed by atoms with Gasteiger partial charge in [0.1, 0.15) is 0 Å². The molecule has 0 heterocycles. The molecule has 0 fully saturated rings. The van der Waals surface area contributed by atoms with Crippen LogP contribution in [0.3, 0.4) is 0 Å². The van der Waals surface area contributed by atoms with Gasteiger partial charge in [0.15, 0.2) is 0 Å². The van der Waals surface area contributed by atoms with Gasteiger partial charge in [-0.1, -0.05) is 23.2 Å². The maximum atomic E-state index is 12.9. The van der Waals surface area contributed by atoms with Crippen LogP contribution in [0.4, 0.5) is 24.5 Å². The van der Waals surface area contributed by atoms with Gasteiger partial charge < -0.3 is 10.2 Å². The highest BCUT2D eigenvalue weighted by molar-refractivity contribution is 6.37. The fraction of sp³-hybridized carbons (Fsp3) is 0.188. The molecule has 0 aliphatic carbocycles. The minimum absolute atomic E-state index is 0.0332. The summed E-state index contributed by atoms with van der Waals surface area (Å²) in [7, 11) is 3.32. The van der Waals surface area contributed by atoms with Crippen molar-refractivity contribution in [3.8, 4) is 0 Å². The zero-order valence-corrected chi connectivity index (χ0v) is 14.2. The first-order chi connectivity index (χ1) is 11.1. The predicted molar refractivity (Wildman–Crippen MR) is 90.2 cm³/mol. The minimum atomic E-state index is -4.51. The molecule has 2 rings (SSSR count). The molecule has 0 spiro atoms. The number of amides is 1. The van der Waals surface area contributed by atoms with Gasteiger partial charge in [-0.3, -0.25) is 4.79 Å². The van der Waals surface area contributed by atoms with Crippen molar-refractivity contribution in [2.24, 2.45) is 0 Å². The van der Waals surface area contributed by atoms with Crippen LogP contribution in [-0.2, 0) is 6.18 Å². The Hall–Kier alpha value is -1.92. The SMILES string of the molecule is CN(C)c1ccc(C(F)(F)F)cc1NC(=O)c1ccc(Cl)cc1Cl. The Morgan fingerprint density at radius 1 is 1.08 bits per heavy atom. The minimum Gasteiger partial charge on any atom is -0.376 e. The molecule has 0 aromatic heterocycles. The van der Waals surface area contributed by atoms with Crippen molar-refractivity contribution in [3.05, 3.63) is 57.6 Å². The number of halogens is 5. The summed E-state index contributed by atoms with van der Waals surface area (Å²) in [6.07, 6.45) is -4.51. The molecule has 128 valence electrons. The molecule has 0 saturated carbocycles. The lowest BCUT2D eigenvalue weighted by Gasteiger charge is -2.20. The third-order valence-corrected chi connectivity index (χ3v) is 3.78. The lowest BCUT2D eigenvalue weighted by molar-refractivity contribution is -0.137. The number of alkyl halides is 3. The van der Waals surface area contributed by atoms with Gasteiger partial charge in [0, 0.05) is 19.1 Å². The van der Waals surface area contributed by atoms with E-state index in [1.54, 1.807) is 19.0 Å². The van der Waals surface area contributed by atoms with Crippen LogP contribution in [0.15, 0.2) is 36.4 Å². The lowest BCUT2D eigenvalue weighted by Crippen LogP contribution is -2.18. The summed E-state index contributed by atoms with van der Waals surface area (Å²) in [6, 6.07) is 7.40. The second-order valence-electron chi connectivity index (χ2n) is 5.20. The lowest BCUT2D eigenvalue weighted by atomic mass is 10.1. The summed E-state index contributed by atoms with van der Waals surface area (Å²) < 4.78 is 38.7. The monoisotopic (exact) mass is 376 g/mol. The second-order valence-corrected chi connectivity index (χ2v) is 6.05. The molecule has 0 aliphatic rings. The van der Waals surface area contributed by atoms with Gasteiger partial charge in [-0.25, -0.2) is 0 Å². The Labute approximate surface area is 147 Å². The first kappa shape index (κ1) is 18.4. The van der Waals surface area contributed by atoms with Crippen LogP contribution in [-0.4, -0.2) is 20.0 Å². The van der Waals surface area contributed by atoms with Gasteiger partial charge in [-0.2, -0.15) is 13.2 Å². The van der Waals surface area contributed by atoms with E-state index in [1.165, 1.54) is 24.3 Å². The smallest absolute Gasteiger partial charge is 0.376 e. The van der Waals surface area contributed by atoms with E-state index in [2.05, 4.69) is 5.32 Å². The van der Waals surface area contributed by atoms with Crippen molar-refractivity contribution >= 4 is 40.5 Å². The number of rotatable bonds is 3. The van der Waals surface area contributed by atoms with E-state index in [1.807, 2.05) is 0 Å². The highest BCUT2D eigenvalue weighted by atomic mass is 35.5. The summed E-state index contributed by atoms with van der Waals surface area (Å²) >= 11 is 11.7. The van der Waals surface area contributed by atoms with Crippen molar-refractivity contribution in [1.29, 1.82) is 0 Å². The average molecular weight is 377 g/mol. The maximum absolute atomic E-state index is 12.9. The van der Waals surface area contributed by atoms with E-state index >= 15 is 0 Å². The normalized spacial score (nSPS) is 11.3. The van der Waals surface area contributed by atoms with Crippen LogP contribution in [0, 0.1) is 0 Å². The predicted octanol–water partition coefficient (Wildman–Crippen LogP) is 5.33. The highest BCUT2D eigenvalue weighted by Gasteiger charge is 2.31. The Kier molecular flexibility index (Phi) is 5.30. The molecule has 2 aromatic carbocycles. The molecule has 0 unspecified atom stereocenters. The van der Waals surface area contributed by atoms with Gasteiger partial charge in [0.25, 0.3) is 5.91 Å². The van der Waals surface area contributed by atoms with Gasteiger partial charge in [-0.05, 0) is 36.4 Å². The first-order valence-corrected chi connectivity index (χ1v) is 7.50. The number of carbonyl (C=O) groups excluding carboxylic acids is 1. The zero-order chi connectivity index (χ0) is 18.1. The maximum Gasteiger partial charge on any atom is 0.416 e. The van der Waals surface area contributed by atoms with Gasteiger partial charge in [0.05, 0.1) is 27.5 Å². The molecule has 0 radical (unpaired) electrons.